The molecule has 1 aliphatic heterocycles. The number of fused-ring (bicyclic) bond motifs is 1. The Morgan fingerprint density at radius 1 is 1.26 bits per heavy atom. The minimum atomic E-state index is -0.592. The maximum Gasteiger partial charge on any atom is 0.269 e. The Morgan fingerprint density at radius 2 is 2.00 bits per heavy atom. The number of benzene rings is 2. The van der Waals surface area contributed by atoms with Gasteiger partial charge in [-0.25, -0.2) is 4.99 Å². The lowest BCUT2D eigenvalue weighted by molar-refractivity contribution is -0.384. The van der Waals surface area contributed by atoms with Crippen LogP contribution in [0.4, 0.5) is 11.4 Å². The van der Waals surface area contributed by atoms with Crippen LogP contribution in [0, 0.1) is 10.1 Å². The molecule has 0 bridgehead atoms. The molecule has 1 aliphatic rings. The summed E-state index contributed by atoms with van der Waals surface area (Å²) >= 11 is 3.38. The van der Waals surface area contributed by atoms with Crippen molar-refractivity contribution in [2.75, 3.05) is 0 Å². The summed E-state index contributed by atoms with van der Waals surface area (Å²) in [4.78, 5) is 28.1. The molecular weight excluding hydrogens is 362 g/mol. The maximum absolute atomic E-state index is 11.6. The first kappa shape index (κ1) is 15.4. The Morgan fingerprint density at radius 3 is 2.65 bits per heavy atom. The highest BCUT2D eigenvalue weighted by molar-refractivity contribution is 9.10. The van der Waals surface area contributed by atoms with E-state index in [1.54, 1.807) is 17.3 Å². The summed E-state index contributed by atoms with van der Waals surface area (Å²) in [7, 11) is 0. The summed E-state index contributed by atoms with van der Waals surface area (Å²) in [5.41, 5.74) is 2.10. The van der Waals surface area contributed by atoms with Gasteiger partial charge in [0.15, 0.2) is 0 Å². The third-order valence-electron chi connectivity index (χ3n) is 3.65. The molecule has 0 N–H and O–H groups in total. The highest BCUT2D eigenvalue weighted by Gasteiger charge is 2.26. The predicted octanol–water partition coefficient (Wildman–Crippen LogP) is 3.77. The Balaban J connectivity index is 1.92. The van der Waals surface area contributed by atoms with Crippen molar-refractivity contribution in [1.29, 1.82) is 0 Å². The number of nitro benzene ring substituents is 1. The lowest BCUT2D eigenvalue weighted by Gasteiger charge is -2.30. The van der Waals surface area contributed by atoms with E-state index in [9.17, 15) is 14.9 Å². The first-order valence-electron chi connectivity index (χ1n) is 6.86. The highest BCUT2D eigenvalue weighted by Crippen LogP contribution is 2.35. The van der Waals surface area contributed by atoms with Crippen molar-refractivity contribution >= 4 is 39.9 Å². The minimum Gasteiger partial charge on any atom is -0.344 e. The molecule has 0 fully saturated rings. The van der Waals surface area contributed by atoms with Gasteiger partial charge in [-0.15, -0.1) is 0 Å². The number of nitrogens with zero attached hydrogens (tertiary/aromatic N) is 3. The van der Waals surface area contributed by atoms with Gasteiger partial charge < -0.3 is 9.69 Å². The summed E-state index contributed by atoms with van der Waals surface area (Å²) in [5, 5.41) is 10.9. The number of carbonyl (C=O) groups is 1. The van der Waals surface area contributed by atoms with Crippen molar-refractivity contribution in [1.82, 2.24) is 4.90 Å². The lowest BCUT2D eigenvalue weighted by Crippen LogP contribution is -2.30. The zero-order valence-electron chi connectivity index (χ0n) is 11.9. The van der Waals surface area contributed by atoms with E-state index in [0.717, 1.165) is 16.3 Å². The largest absolute Gasteiger partial charge is 0.344 e. The third kappa shape index (κ3) is 3.14. The van der Waals surface area contributed by atoms with E-state index in [1.165, 1.54) is 12.1 Å². The maximum atomic E-state index is 11.6. The molecule has 2 aromatic carbocycles. The number of rotatable bonds is 4. The molecular formula is C16H12BrN3O3. The fourth-order valence-electron chi connectivity index (χ4n) is 2.49. The Kier molecular flexibility index (Phi) is 4.20. The molecule has 0 aromatic heterocycles. The Hall–Kier alpha value is -2.54. The molecule has 2 aromatic rings. The molecule has 1 heterocycles. The summed E-state index contributed by atoms with van der Waals surface area (Å²) in [6.07, 6.45) is 2.39. The highest BCUT2D eigenvalue weighted by atomic mass is 79.9. The van der Waals surface area contributed by atoms with Gasteiger partial charge in [-0.05, 0) is 23.8 Å². The SMILES string of the molecule is O=CC1c2cc([N+](=O)[O-])ccc2N=CN1Cc1ccc(Br)cc1. The normalized spacial score (nSPS) is 16.0. The van der Waals surface area contributed by atoms with Crippen LogP contribution in [0.3, 0.4) is 0 Å². The molecule has 0 amide bonds. The van der Waals surface area contributed by atoms with Crippen LogP contribution in [0.1, 0.15) is 17.2 Å². The average molecular weight is 374 g/mol. The molecule has 6 nitrogen and oxygen atoms in total. The van der Waals surface area contributed by atoms with Crippen LogP contribution in [-0.4, -0.2) is 22.4 Å². The first-order valence-corrected chi connectivity index (χ1v) is 7.66. The molecule has 3 rings (SSSR count). The van der Waals surface area contributed by atoms with Crippen molar-refractivity contribution in [3.05, 3.63) is 68.2 Å². The third-order valence-corrected chi connectivity index (χ3v) is 4.18. The van der Waals surface area contributed by atoms with Gasteiger partial charge in [0.2, 0.25) is 0 Å². The molecule has 0 radical (unpaired) electrons. The van der Waals surface area contributed by atoms with E-state index in [-0.39, 0.29) is 5.69 Å². The number of halogens is 1. The van der Waals surface area contributed by atoms with Gasteiger partial charge in [0.05, 0.1) is 16.9 Å². The number of hydrogen-bond donors (Lipinski definition) is 0. The van der Waals surface area contributed by atoms with Crippen molar-refractivity contribution < 1.29 is 9.72 Å². The van der Waals surface area contributed by atoms with Gasteiger partial charge in [0, 0.05) is 28.7 Å². The molecule has 1 atom stereocenters. The quantitative estimate of drug-likeness (QED) is 0.464. The van der Waals surface area contributed by atoms with E-state index < -0.39 is 11.0 Å². The molecule has 0 aliphatic carbocycles. The standard InChI is InChI=1S/C16H12BrN3O3/c17-12-3-1-11(2-4-12)8-19-10-18-15-6-5-13(20(22)23)7-14(15)16(19)9-21/h1-7,9-10,16H,8H2. The second kappa shape index (κ2) is 6.29. The molecule has 0 saturated carbocycles. The van der Waals surface area contributed by atoms with Gasteiger partial charge in [-0.3, -0.25) is 10.1 Å². The van der Waals surface area contributed by atoms with E-state index in [4.69, 9.17) is 0 Å². The fourth-order valence-corrected chi connectivity index (χ4v) is 2.75. The van der Waals surface area contributed by atoms with Gasteiger partial charge in [0.25, 0.3) is 5.69 Å². The van der Waals surface area contributed by atoms with Gasteiger partial charge in [0.1, 0.15) is 12.3 Å². The van der Waals surface area contributed by atoms with Crippen LogP contribution in [-0.2, 0) is 11.3 Å². The average Bonchev–Trinajstić information content (AvgIpc) is 2.56. The van der Waals surface area contributed by atoms with E-state index in [1.807, 2.05) is 24.3 Å². The van der Waals surface area contributed by atoms with Crippen LogP contribution in [0.2, 0.25) is 0 Å². The number of non-ortho nitro benzene ring substituents is 1. The van der Waals surface area contributed by atoms with Gasteiger partial charge in [-0.2, -0.15) is 0 Å². The summed E-state index contributed by atoms with van der Waals surface area (Å²) in [5.74, 6) is 0. The summed E-state index contributed by atoms with van der Waals surface area (Å²) in [6.45, 7) is 0.488. The van der Waals surface area contributed by atoms with Crippen LogP contribution < -0.4 is 0 Å². The fraction of sp³-hybridized carbons (Fsp3) is 0.125. The van der Waals surface area contributed by atoms with E-state index in [0.29, 0.717) is 17.8 Å². The van der Waals surface area contributed by atoms with Crippen LogP contribution >= 0.6 is 15.9 Å². The number of aliphatic imine (C=N–C) groups is 1. The zero-order chi connectivity index (χ0) is 16.4. The van der Waals surface area contributed by atoms with Crippen molar-refractivity contribution in [2.24, 2.45) is 4.99 Å². The summed E-state index contributed by atoms with van der Waals surface area (Å²) < 4.78 is 0.974. The van der Waals surface area contributed by atoms with Crippen molar-refractivity contribution in [3.8, 4) is 0 Å². The van der Waals surface area contributed by atoms with Crippen molar-refractivity contribution in [3.63, 3.8) is 0 Å². The van der Waals surface area contributed by atoms with Gasteiger partial charge in [-0.1, -0.05) is 28.1 Å². The lowest BCUT2D eigenvalue weighted by atomic mass is 10.0. The topological polar surface area (TPSA) is 75.8 Å². The van der Waals surface area contributed by atoms with E-state index >= 15 is 0 Å². The molecule has 0 spiro atoms. The van der Waals surface area contributed by atoms with Crippen LogP contribution in [0.15, 0.2) is 51.9 Å². The minimum absolute atomic E-state index is 0.0451. The monoisotopic (exact) mass is 373 g/mol. The van der Waals surface area contributed by atoms with Gasteiger partial charge >= 0.3 is 0 Å². The second-order valence-corrected chi connectivity index (χ2v) is 6.04. The molecule has 7 heteroatoms. The second-order valence-electron chi connectivity index (χ2n) is 5.12. The molecule has 116 valence electrons. The number of hydrogen-bond acceptors (Lipinski definition) is 5. The number of aldehydes is 1. The molecule has 1 unspecified atom stereocenters. The van der Waals surface area contributed by atoms with Crippen LogP contribution in [0.25, 0.3) is 0 Å². The Bertz CT molecular complexity index is 790. The van der Waals surface area contributed by atoms with E-state index in [2.05, 4.69) is 20.9 Å². The van der Waals surface area contributed by atoms with Crippen molar-refractivity contribution in [2.45, 2.75) is 12.6 Å². The molecule has 0 saturated heterocycles. The first-order chi connectivity index (χ1) is 11.1. The molecule has 23 heavy (non-hydrogen) atoms. The number of carbonyl (C=O) groups excluding carboxylic acids is 1. The Labute approximate surface area is 140 Å². The summed E-state index contributed by atoms with van der Waals surface area (Å²) in [6, 6.07) is 11.5. The number of nitro groups is 1. The zero-order valence-corrected chi connectivity index (χ0v) is 13.5. The smallest absolute Gasteiger partial charge is 0.269 e. The van der Waals surface area contributed by atoms with Crippen LogP contribution in [0.5, 0.6) is 0 Å². The predicted molar refractivity (Wildman–Crippen MR) is 89.7 cm³/mol.